The number of amides is 2. The van der Waals surface area contributed by atoms with Crippen molar-refractivity contribution >= 4 is 17.8 Å². The molecule has 2 aromatic rings. The van der Waals surface area contributed by atoms with E-state index in [-0.39, 0.29) is 23.3 Å². The molecule has 6 heteroatoms. The van der Waals surface area contributed by atoms with Gasteiger partial charge in [0.1, 0.15) is 19.0 Å². The largest absolute Gasteiger partial charge is 0.459 e. The monoisotopic (exact) mass is 313 g/mol. The molecule has 1 aliphatic rings. The van der Waals surface area contributed by atoms with Crippen LogP contribution in [0, 0.1) is 5.82 Å². The fourth-order valence-corrected chi connectivity index (χ4v) is 2.33. The minimum Gasteiger partial charge on any atom is -0.459 e. The summed E-state index contributed by atoms with van der Waals surface area (Å²) in [5, 5.41) is 0. The number of hydrogen-bond acceptors (Lipinski definition) is 4. The number of carbonyl (C=O) groups excluding carboxylic acids is 3. The van der Waals surface area contributed by atoms with E-state index in [1.165, 1.54) is 30.3 Å². The fraction of sp³-hybridized carbons (Fsp3) is 0.118. The maximum Gasteiger partial charge on any atom is 0.326 e. The first-order chi connectivity index (χ1) is 11.1. The highest BCUT2D eigenvalue weighted by Crippen LogP contribution is 2.22. The number of fused-ring (bicyclic) bond motifs is 1. The Morgan fingerprint density at radius 3 is 2.13 bits per heavy atom. The number of esters is 1. The van der Waals surface area contributed by atoms with Crippen LogP contribution in [0.5, 0.6) is 0 Å². The molecule has 5 nitrogen and oxygen atoms in total. The fourth-order valence-electron chi connectivity index (χ4n) is 2.33. The first-order valence-electron chi connectivity index (χ1n) is 6.92. The van der Waals surface area contributed by atoms with Crippen molar-refractivity contribution in [2.75, 3.05) is 6.54 Å². The van der Waals surface area contributed by atoms with E-state index in [9.17, 15) is 18.8 Å². The molecule has 0 saturated heterocycles. The lowest BCUT2D eigenvalue weighted by atomic mass is 10.1. The van der Waals surface area contributed by atoms with Gasteiger partial charge < -0.3 is 4.74 Å². The molecule has 1 heterocycles. The van der Waals surface area contributed by atoms with Crippen LogP contribution >= 0.6 is 0 Å². The summed E-state index contributed by atoms with van der Waals surface area (Å²) in [5.41, 5.74) is 0.752. The van der Waals surface area contributed by atoms with E-state index >= 15 is 0 Å². The van der Waals surface area contributed by atoms with Crippen molar-refractivity contribution in [2.24, 2.45) is 0 Å². The van der Waals surface area contributed by atoms with Gasteiger partial charge in [-0.1, -0.05) is 30.3 Å². The zero-order valence-electron chi connectivity index (χ0n) is 12.0. The lowest BCUT2D eigenvalue weighted by Crippen LogP contribution is -2.35. The quantitative estimate of drug-likeness (QED) is 0.641. The van der Waals surface area contributed by atoms with Crippen LogP contribution < -0.4 is 0 Å². The Kier molecular flexibility index (Phi) is 3.89. The van der Waals surface area contributed by atoms with Gasteiger partial charge in [0.05, 0.1) is 11.1 Å². The minimum absolute atomic E-state index is 0.225. The molecule has 0 aliphatic carbocycles. The summed E-state index contributed by atoms with van der Waals surface area (Å²) >= 11 is 0. The summed E-state index contributed by atoms with van der Waals surface area (Å²) < 4.78 is 18.4. The molecule has 0 spiro atoms. The topological polar surface area (TPSA) is 63.7 Å². The molecule has 23 heavy (non-hydrogen) atoms. The van der Waals surface area contributed by atoms with Gasteiger partial charge in [-0.3, -0.25) is 19.3 Å². The maximum atomic E-state index is 13.4. The molecule has 0 unspecified atom stereocenters. The normalized spacial score (nSPS) is 13.2. The van der Waals surface area contributed by atoms with Gasteiger partial charge in [-0.15, -0.1) is 0 Å². The van der Waals surface area contributed by atoms with Crippen LogP contribution in [0.1, 0.15) is 26.3 Å². The summed E-state index contributed by atoms with van der Waals surface area (Å²) in [7, 11) is 0. The molecule has 3 rings (SSSR count). The highest BCUT2D eigenvalue weighted by molar-refractivity contribution is 6.22. The van der Waals surface area contributed by atoms with Gasteiger partial charge in [0.2, 0.25) is 0 Å². The van der Waals surface area contributed by atoms with Gasteiger partial charge >= 0.3 is 5.97 Å². The van der Waals surface area contributed by atoms with Crippen LogP contribution in [-0.4, -0.2) is 29.2 Å². The van der Waals surface area contributed by atoms with E-state index in [1.807, 2.05) is 0 Å². The zero-order chi connectivity index (χ0) is 16.4. The van der Waals surface area contributed by atoms with E-state index in [1.54, 1.807) is 18.2 Å². The van der Waals surface area contributed by atoms with Gasteiger partial charge in [0, 0.05) is 5.56 Å². The highest BCUT2D eigenvalue weighted by Gasteiger charge is 2.36. The van der Waals surface area contributed by atoms with Crippen molar-refractivity contribution in [2.45, 2.75) is 6.61 Å². The van der Waals surface area contributed by atoms with Crippen LogP contribution in [0.2, 0.25) is 0 Å². The average molecular weight is 313 g/mol. The molecular formula is C17H12FNO4. The number of halogens is 1. The second-order valence-electron chi connectivity index (χ2n) is 4.99. The Balaban J connectivity index is 1.64. The van der Waals surface area contributed by atoms with E-state index in [0.717, 1.165) is 4.90 Å². The van der Waals surface area contributed by atoms with Crippen LogP contribution in [0.4, 0.5) is 4.39 Å². The van der Waals surface area contributed by atoms with Crippen LogP contribution in [0.3, 0.4) is 0 Å². The van der Waals surface area contributed by atoms with Crippen LogP contribution in [0.25, 0.3) is 0 Å². The minimum atomic E-state index is -0.775. The molecule has 2 aromatic carbocycles. The van der Waals surface area contributed by atoms with Crippen molar-refractivity contribution in [3.05, 3.63) is 71.0 Å². The Hall–Kier alpha value is -3.02. The second kappa shape index (κ2) is 6.00. The molecule has 116 valence electrons. The predicted octanol–water partition coefficient (Wildman–Crippen LogP) is 2.17. The van der Waals surface area contributed by atoms with Gasteiger partial charge in [-0.2, -0.15) is 0 Å². The number of nitrogens with zero attached hydrogens (tertiary/aromatic N) is 1. The van der Waals surface area contributed by atoms with Gasteiger partial charge in [-0.05, 0) is 18.2 Å². The number of hydrogen-bond donors (Lipinski definition) is 0. The maximum absolute atomic E-state index is 13.4. The van der Waals surface area contributed by atoms with Crippen molar-refractivity contribution in [3.8, 4) is 0 Å². The molecule has 0 bridgehead atoms. The highest BCUT2D eigenvalue weighted by atomic mass is 19.1. The van der Waals surface area contributed by atoms with E-state index in [4.69, 9.17) is 4.74 Å². The molecule has 0 N–H and O–H groups in total. The number of ether oxygens (including phenoxy) is 1. The van der Waals surface area contributed by atoms with Crippen molar-refractivity contribution in [1.82, 2.24) is 4.90 Å². The standard InChI is InChI=1S/C17H12FNO4/c18-14-8-4-1-5-11(14)10-23-15(20)9-19-16(21)12-6-2-3-7-13(12)17(19)22/h1-8H,9-10H2. The molecule has 0 atom stereocenters. The molecule has 0 aromatic heterocycles. The van der Waals surface area contributed by atoms with Gasteiger partial charge in [-0.25, -0.2) is 4.39 Å². The summed E-state index contributed by atoms with van der Waals surface area (Å²) in [4.78, 5) is 36.9. The third-order valence-corrected chi connectivity index (χ3v) is 3.51. The van der Waals surface area contributed by atoms with E-state index < -0.39 is 30.1 Å². The number of benzene rings is 2. The first-order valence-corrected chi connectivity index (χ1v) is 6.92. The zero-order valence-corrected chi connectivity index (χ0v) is 12.0. The lowest BCUT2D eigenvalue weighted by molar-refractivity contribution is -0.145. The number of rotatable bonds is 4. The summed E-state index contributed by atoms with van der Waals surface area (Å²) in [5.74, 6) is -2.33. The average Bonchev–Trinajstić information content (AvgIpc) is 2.80. The smallest absolute Gasteiger partial charge is 0.326 e. The van der Waals surface area contributed by atoms with Crippen LogP contribution in [-0.2, 0) is 16.1 Å². The van der Waals surface area contributed by atoms with Crippen molar-refractivity contribution in [3.63, 3.8) is 0 Å². The third kappa shape index (κ3) is 2.83. The predicted molar refractivity (Wildman–Crippen MR) is 78.0 cm³/mol. The second-order valence-corrected chi connectivity index (χ2v) is 4.99. The Labute approximate surface area is 131 Å². The van der Waals surface area contributed by atoms with Gasteiger partial charge in [0.25, 0.3) is 11.8 Å². The molecule has 1 aliphatic heterocycles. The number of imide groups is 1. The molecule has 0 saturated carbocycles. The Morgan fingerprint density at radius 1 is 0.957 bits per heavy atom. The molecule has 2 amide bonds. The Bertz CT molecular complexity index is 768. The van der Waals surface area contributed by atoms with Crippen LogP contribution in [0.15, 0.2) is 48.5 Å². The van der Waals surface area contributed by atoms with E-state index in [2.05, 4.69) is 0 Å². The molecule has 0 radical (unpaired) electrons. The van der Waals surface area contributed by atoms with E-state index in [0.29, 0.717) is 0 Å². The summed E-state index contributed by atoms with van der Waals surface area (Å²) in [6.45, 7) is -0.754. The van der Waals surface area contributed by atoms with Crippen molar-refractivity contribution in [1.29, 1.82) is 0 Å². The first kappa shape index (κ1) is 14.9. The molecular weight excluding hydrogens is 301 g/mol. The number of carbonyl (C=O) groups is 3. The SMILES string of the molecule is O=C(CN1C(=O)c2ccccc2C1=O)OCc1ccccc1F. The van der Waals surface area contributed by atoms with Gasteiger partial charge in [0.15, 0.2) is 0 Å². The van der Waals surface area contributed by atoms with Crippen molar-refractivity contribution < 1.29 is 23.5 Å². The summed E-state index contributed by atoms with van der Waals surface area (Å²) in [6, 6.07) is 12.2. The summed E-state index contributed by atoms with van der Waals surface area (Å²) in [6.07, 6.45) is 0. The Morgan fingerprint density at radius 2 is 1.52 bits per heavy atom. The third-order valence-electron chi connectivity index (χ3n) is 3.51. The molecule has 0 fully saturated rings. The lowest BCUT2D eigenvalue weighted by Gasteiger charge is -2.13.